The number of carbonyl (C=O) groups is 2. The molecule has 3 rings (SSSR count). The number of piperazine rings is 1. The van der Waals surface area contributed by atoms with E-state index in [1.807, 2.05) is 0 Å². The van der Waals surface area contributed by atoms with Gasteiger partial charge in [-0.15, -0.1) is 0 Å². The summed E-state index contributed by atoms with van der Waals surface area (Å²) in [5, 5.41) is 11.4. The van der Waals surface area contributed by atoms with Gasteiger partial charge in [-0.3, -0.25) is 14.9 Å². The van der Waals surface area contributed by atoms with Crippen molar-refractivity contribution in [2.24, 2.45) is 0 Å². The molecule has 0 unspecified atom stereocenters. The topological polar surface area (TPSA) is 146 Å². The lowest BCUT2D eigenvalue weighted by atomic mass is 10.1. The Bertz CT molecular complexity index is 1180. The second-order valence-corrected chi connectivity index (χ2v) is 9.09. The van der Waals surface area contributed by atoms with Crippen molar-refractivity contribution in [1.82, 2.24) is 9.21 Å². The van der Waals surface area contributed by atoms with Crippen molar-refractivity contribution >= 4 is 27.6 Å². The molecule has 1 saturated heterocycles. The Balaban J connectivity index is 1.62. The number of rotatable bonds is 8. The molecule has 0 saturated carbocycles. The molecule has 13 heteroatoms. The summed E-state index contributed by atoms with van der Waals surface area (Å²) < 4.78 is 41.8. The predicted octanol–water partition coefficient (Wildman–Crippen LogP) is 1.30. The van der Waals surface area contributed by atoms with Crippen molar-refractivity contribution in [2.75, 3.05) is 47.0 Å². The molecule has 0 N–H and O–H groups in total. The largest absolute Gasteiger partial charge is 0.493 e. The van der Waals surface area contributed by atoms with E-state index in [0.717, 1.165) is 12.1 Å². The molecule has 2 aromatic rings. The molecular weight excluding hydrogens is 470 g/mol. The summed E-state index contributed by atoms with van der Waals surface area (Å²) in [6.45, 7) is -0.274. The van der Waals surface area contributed by atoms with Gasteiger partial charge in [-0.1, -0.05) is 18.2 Å². The normalized spacial score (nSPS) is 14.4. The maximum atomic E-state index is 12.7. The summed E-state index contributed by atoms with van der Waals surface area (Å²) in [6, 6.07) is 10.1. The number of methoxy groups -OCH3 is 2. The van der Waals surface area contributed by atoms with Crippen molar-refractivity contribution < 1.29 is 37.1 Å². The number of ether oxygens (including phenoxy) is 3. The smallest absolute Gasteiger partial charge is 0.345 e. The van der Waals surface area contributed by atoms with Gasteiger partial charge in [-0.2, -0.15) is 4.31 Å². The number of nitro groups is 1. The summed E-state index contributed by atoms with van der Waals surface area (Å²) in [5.74, 6) is -1.48. The molecule has 0 bridgehead atoms. The van der Waals surface area contributed by atoms with E-state index in [1.165, 1.54) is 35.6 Å². The predicted molar refractivity (Wildman–Crippen MR) is 118 cm³/mol. The monoisotopic (exact) mass is 493 g/mol. The first kappa shape index (κ1) is 24.9. The van der Waals surface area contributed by atoms with Crippen LogP contribution in [0.3, 0.4) is 0 Å². The van der Waals surface area contributed by atoms with E-state index < -0.39 is 44.7 Å². The Morgan fingerprint density at radius 3 is 2.15 bits per heavy atom. The van der Waals surface area contributed by atoms with Crippen LogP contribution >= 0.6 is 0 Å². The maximum absolute atomic E-state index is 12.7. The number of benzene rings is 2. The second kappa shape index (κ2) is 10.5. The van der Waals surface area contributed by atoms with Gasteiger partial charge in [-0.05, 0) is 12.1 Å². The average Bonchev–Trinajstić information content (AvgIpc) is 2.86. The molecule has 0 spiro atoms. The van der Waals surface area contributed by atoms with Crippen LogP contribution in [0.15, 0.2) is 47.4 Å². The molecule has 12 nitrogen and oxygen atoms in total. The van der Waals surface area contributed by atoms with Crippen LogP contribution < -0.4 is 9.47 Å². The summed E-state index contributed by atoms with van der Waals surface area (Å²) in [7, 11) is -1.07. The van der Waals surface area contributed by atoms with Gasteiger partial charge in [0.1, 0.15) is 5.56 Å². The van der Waals surface area contributed by atoms with Crippen LogP contribution in [0.25, 0.3) is 0 Å². The molecule has 0 radical (unpaired) electrons. The molecule has 0 aromatic heterocycles. The first-order chi connectivity index (χ1) is 16.2. The Kier molecular flexibility index (Phi) is 7.68. The Morgan fingerprint density at radius 2 is 1.59 bits per heavy atom. The quantitative estimate of drug-likeness (QED) is 0.302. The first-order valence-corrected chi connectivity index (χ1v) is 11.5. The molecule has 0 atom stereocenters. The molecule has 34 heavy (non-hydrogen) atoms. The highest BCUT2D eigenvalue weighted by Crippen LogP contribution is 2.34. The fourth-order valence-corrected chi connectivity index (χ4v) is 4.84. The summed E-state index contributed by atoms with van der Waals surface area (Å²) in [5.41, 5.74) is -0.955. The number of hydrogen-bond donors (Lipinski definition) is 0. The number of amides is 1. The number of nitrogens with zero attached hydrogens (tertiary/aromatic N) is 3. The number of nitro benzene ring substituents is 1. The minimum absolute atomic E-state index is 0.0603. The van der Waals surface area contributed by atoms with Crippen LogP contribution in [-0.2, 0) is 19.6 Å². The average molecular weight is 493 g/mol. The van der Waals surface area contributed by atoms with Gasteiger partial charge in [0.15, 0.2) is 18.1 Å². The van der Waals surface area contributed by atoms with Crippen molar-refractivity contribution in [1.29, 1.82) is 0 Å². The highest BCUT2D eigenvalue weighted by Gasteiger charge is 2.31. The van der Waals surface area contributed by atoms with E-state index in [1.54, 1.807) is 18.2 Å². The molecule has 1 fully saturated rings. The number of hydrogen-bond acceptors (Lipinski definition) is 9. The Labute approximate surface area is 195 Å². The molecule has 1 heterocycles. The van der Waals surface area contributed by atoms with Gasteiger partial charge in [-0.25, -0.2) is 13.2 Å². The van der Waals surface area contributed by atoms with Gasteiger partial charge in [0, 0.05) is 32.2 Å². The van der Waals surface area contributed by atoms with Crippen LogP contribution in [0, 0.1) is 10.1 Å². The van der Waals surface area contributed by atoms with Gasteiger partial charge < -0.3 is 19.1 Å². The molecule has 0 aliphatic carbocycles. The van der Waals surface area contributed by atoms with Crippen LogP contribution in [0.4, 0.5) is 5.69 Å². The summed E-state index contributed by atoms with van der Waals surface area (Å²) in [4.78, 5) is 37.1. The van der Waals surface area contributed by atoms with Gasteiger partial charge in [0.05, 0.1) is 30.1 Å². The van der Waals surface area contributed by atoms with Crippen LogP contribution in [-0.4, -0.2) is 81.4 Å². The lowest BCUT2D eigenvalue weighted by Gasteiger charge is -2.33. The van der Waals surface area contributed by atoms with Gasteiger partial charge >= 0.3 is 5.97 Å². The van der Waals surface area contributed by atoms with E-state index in [4.69, 9.17) is 14.2 Å². The van der Waals surface area contributed by atoms with Crippen molar-refractivity contribution in [3.05, 3.63) is 58.1 Å². The van der Waals surface area contributed by atoms with Gasteiger partial charge in [0.25, 0.3) is 11.6 Å². The third-order valence-electron chi connectivity index (χ3n) is 5.22. The fourth-order valence-electron chi connectivity index (χ4n) is 3.40. The highest BCUT2D eigenvalue weighted by atomic mass is 32.2. The summed E-state index contributed by atoms with van der Waals surface area (Å²) in [6.07, 6.45) is 0. The minimum atomic E-state index is -3.67. The van der Waals surface area contributed by atoms with Crippen LogP contribution in [0.5, 0.6) is 11.5 Å². The van der Waals surface area contributed by atoms with E-state index in [-0.39, 0.29) is 42.6 Å². The minimum Gasteiger partial charge on any atom is -0.493 e. The maximum Gasteiger partial charge on any atom is 0.345 e. The molecule has 1 amide bonds. The number of esters is 1. The Morgan fingerprint density at radius 1 is 1.00 bits per heavy atom. The number of sulfonamides is 1. The van der Waals surface area contributed by atoms with E-state index in [2.05, 4.69) is 0 Å². The fraction of sp³-hybridized carbons (Fsp3) is 0.333. The van der Waals surface area contributed by atoms with Crippen molar-refractivity contribution in [3.63, 3.8) is 0 Å². The zero-order chi connectivity index (χ0) is 24.9. The van der Waals surface area contributed by atoms with Crippen molar-refractivity contribution in [3.8, 4) is 11.5 Å². The zero-order valence-electron chi connectivity index (χ0n) is 18.5. The third kappa shape index (κ3) is 5.26. The van der Waals surface area contributed by atoms with E-state index in [0.29, 0.717) is 0 Å². The summed E-state index contributed by atoms with van der Waals surface area (Å²) >= 11 is 0. The standard InChI is InChI=1S/C21H23N3O9S/c1-31-18-12-16(17(24(27)28)13-19(18)32-2)21(26)33-14-20(25)22-8-10-23(11-9-22)34(29,30)15-6-4-3-5-7-15/h3-7,12-13H,8-11,14H2,1-2H3. The van der Waals surface area contributed by atoms with E-state index >= 15 is 0 Å². The second-order valence-electron chi connectivity index (χ2n) is 7.16. The van der Waals surface area contributed by atoms with Crippen LogP contribution in [0.1, 0.15) is 10.4 Å². The zero-order valence-corrected chi connectivity index (χ0v) is 19.3. The van der Waals surface area contributed by atoms with Crippen LogP contribution in [0.2, 0.25) is 0 Å². The third-order valence-corrected chi connectivity index (χ3v) is 7.13. The highest BCUT2D eigenvalue weighted by molar-refractivity contribution is 7.89. The molecule has 1 aliphatic rings. The van der Waals surface area contributed by atoms with E-state index in [9.17, 15) is 28.1 Å². The molecular formula is C21H23N3O9S. The SMILES string of the molecule is COc1cc(C(=O)OCC(=O)N2CCN(S(=O)(=O)c3ccccc3)CC2)c([N+](=O)[O-])cc1OC. The number of carbonyl (C=O) groups excluding carboxylic acids is 2. The van der Waals surface area contributed by atoms with Gasteiger partial charge in [0.2, 0.25) is 10.0 Å². The molecule has 1 aliphatic heterocycles. The lowest BCUT2D eigenvalue weighted by molar-refractivity contribution is -0.385. The first-order valence-electron chi connectivity index (χ1n) is 10.1. The lowest BCUT2D eigenvalue weighted by Crippen LogP contribution is -2.51. The molecule has 2 aromatic carbocycles. The van der Waals surface area contributed by atoms with Crippen molar-refractivity contribution in [2.45, 2.75) is 4.90 Å². The molecule has 182 valence electrons. The Hall–Kier alpha value is -3.71.